The van der Waals surface area contributed by atoms with Gasteiger partial charge >= 0.3 is 5.97 Å². The Labute approximate surface area is 144 Å². The van der Waals surface area contributed by atoms with Crippen LogP contribution in [0.4, 0.5) is 0 Å². The van der Waals surface area contributed by atoms with Gasteiger partial charge in [0.25, 0.3) is 0 Å². The Morgan fingerprint density at radius 1 is 0.750 bits per heavy atom. The van der Waals surface area contributed by atoms with E-state index in [1.54, 1.807) is 0 Å². The average Bonchev–Trinajstić information content (AvgIpc) is 2.64. The highest BCUT2D eigenvalue weighted by atomic mass is 31.0. The van der Waals surface area contributed by atoms with Gasteiger partial charge in [-0.25, -0.2) is 0 Å². The molecule has 0 saturated heterocycles. The topological polar surface area (TPSA) is 37.3 Å². The molecule has 0 aliphatic heterocycles. The molecule has 0 aliphatic carbocycles. The molecule has 0 bridgehead atoms. The number of carboxylic acid groups (broad SMARTS) is 1. The minimum atomic E-state index is -0.844. The summed E-state index contributed by atoms with van der Waals surface area (Å²) in [5, 5.41) is 9.32. The van der Waals surface area contributed by atoms with Crippen LogP contribution >= 0.6 is 9.24 Å². The van der Waals surface area contributed by atoms with E-state index in [0.717, 1.165) is 16.7 Å². The fraction of sp³-hybridized carbons (Fsp3) is 0.0952. The maximum atomic E-state index is 12.3. The van der Waals surface area contributed by atoms with Crippen LogP contribution in [-0.2, 0) is 9.95 Å². The van der Waals surface area contributed by atoms with Crippen LogP contribution in [0.1, 0.15) is 22.6 Å². The first-order valence-corrected chi connectivity index (χ1v) is 8.39. The predicted molar refractivity (Wildman–Crippen MR) is 100 cm³/mol. The van der Waals surface area contributed by atoms with Gasteiger partial charge in [0, 0.05) is 0 Å². The molecule has 0 fully saturated rings. The SMILES string of the molecule is O=C(O)C(c1ccccc1)C(P)(c1ccccc1)c1ccccc1. The van der Waals surface area contributed by atoms with Gasteiger partial charge in [-0.05, 0) is 16.7 Å². The highest BCUT2D eigenvalue weighted by Gasteiger charge is 2.43. The van der Waals surface area contributed by atoms with Crippen molar-refractivity contribution in [3.63, 3.8) is 0 Å². The number of hydrogen-bond acceptors (Lipinski definition) is 1. The standard InChI is InChI=1S/C21H19O2P/c22-20(23)19(16-10-4-1-5-11-16)21(24,17-12-6-2-7-13-17)18-14-8-3-9-15-18/h1-15,19H,24H2,(H,22,23). The largest absolute Gasteiger partial charge is 0.481 e. The van der Waals surface area contributed by atoms with E-state index in [1.165, 1.54) is 0 Å². The number of hydrogen-bond donors (Lipinski definition) is 1. The van der Waals surface area contributed by atoms with Crippen molar-refractivity contribution >= 4 is 15.2 Å². The third-order valence-corrected chi connectivity index (χ3v) is 5.34. The first-order chi connectivity index (χ1) is 11.6. The van der Waals surface area contributed by atoms with Crippen LogP contribution in [0.5, 0.6) is 0 Å². The van der Waals surface area contributed by atoms with E-state index in [0.29, 0.717) is 0 Å². The number of benzene rings is 3. The Morgan fingerprint density at radius 2 is 1.12 bits per heavy atom. The maximum absolute atomic E-state index is 12.3. The second-order valence-electron chi connectivity index (χ2n) is 5.78. The van der Waals surface area contributed by atoms with E-state index in [-0.39, 0.29) is 0 Å². The summed E-state index contributed by atoms with van der Waals surface area (Å²) in [6.07, 6.45) is 0. The molecule has 3 heteroatoms. The molecule has 2 nitrogen and oxygen atoms in total. The highest BCUT2D eigenvalue weighted by molar-refractivity contribution is 7.19. The lowest BCUT2D eigenvalue weighted by Gasteiger charge is -2.36. The zero-order valence-electron chi connectivity index (χ0n) is 13.2. The summed E-state index contributed by atoms with van der Waals surface area (Å²) < 4.78 is 0. The monoisotopic (exact) mass is 334 g/mol. The van der Waals surface area contributed by atoms with Gasteiger partial charge < -0.3 is 5.11 Å². The van der Waals surface area contributed by atoms with Crippen molar-refractivity contribution in [2.75, 3.05) is 0 Å². The van der Waals surface area contributed by atoms with Crippen LogP contribution in [0.15, 0.2) is 91.0 Å². The molecule has 0 aliphatic rings. The minimum Gasteiger partial charge on any atom is -0.481 e. The summed E-state index contributed by atoms with van der Waals surface area (Å²) in [5.74, 6) is -1.56. The molecule has 0 spiro atoms. The molecule has 24 heavy (non-hydrogen) atoms. The van der Waals surface area contributed by atoms with Crippen LogP contribution < -0.4 is 0 Å². The predicted octanol–water partition coefficient (Wildman–Crippen LogP) is 4.67. The molecular formula is C21H19O2P. The zero-order chi connectivity index (χ0) is 17.0. The minimum absolute atomic E-state index is 0.714. The van der Waals surface area contributed by atoms with Gasteiger partial charge in [0.1, 0.15) is 0 Å². The van der Waals surface area contributed by atoms with E-state index < -0.39 is 17.0 Å². The van der Waals surface area contributed by atoms with Gasteiger partial charge in [-0.2, -0.15) is 0 Å². The smallest absolute Gasteiger partial charge is 0.312 e. The van der Waals surface area contributed by atoms with Crippen molar-refractivity contribution in [3.05, 3.63) is 108 Å². The summed E-state index contributed by atoms with van der Waals surface area (Å²) in [4.78, 5) is 12.3. The second kappa shape index (κ2) is 6.98. The van der Waals surface area contributed by atoms with Gasteiger partial charge in [0.05, 0.1) is 11.1 Å². The molecule has 0 amide bonds. The normalized spacial score (nSPS) is 12.5. The molecule has 1 N–H and O–H groups in total. The Balaban J connectivity index is 2.26. The summed E-state index contributed by atoms with van der Waals surface area (Å²) in [5.41, 5.74) is 2.70. The molecule has 0 saturated carbocycles. The van der Waals surface area contributed by atoms with Crippen molar-refractivity contribution in [2.45, 2.75) is 11.1 Å². The Hall–Kier alpha value is -2.44. The summed E-state index contributed by atoms with van der Waals surface area (Å²) in [6, 6.07) is 29.0. The van der Waals surface area contributed by atoms with Crippen LogP contribution in [-0.4, -0.2) is 11.1 Å². The van der Waals surface area contributed by atoms with Crippen molar-refractivity contribution in [2.24, 2.45) is 0 Å². The number of carboxylic acids is 1. The van der Waals surface area contributed by atoms with Gasteiger partial charge in [0.2, 0.25) is 0 Å². The van der Waals surface area contributed by atoms with Gasteiger partial charge in [-0.15, -0.1) is 9.24 Å². The first-order valence-electron chi connectivity index (χ1n) is 7.81. The van der Waals surface area contributed by atoms with E-state index in [2.05, 4.69) is 9.24 Å². The summed E-state index contributed by atoms with van der Waals surface area (Å²) >= 11 is 0. The van der Waals surface area contributed by atoms with E-state index in [4.69, 9.17) is 0 Å². The lowest BCUT2D eigenvalue weighted by atomic mass is 9.76. The third kappa shape index (κ3) is 2.98. The molecule has 0 heterocycles. The quantitative estimate of drug-likeness (QED) is 0.688. The lowest BCUT2D eigenvalue weighted by molar-refractivity contribution is -0.139. The number of rotatable bonds is 5. The van der Waals surface area contributed by atoms with Crippen molar-refractivity contribution in [3.8, 4) is 0 Å². The molecular weight excluding hydrogens is 315 g/mol. The highest BCUT2D eigenvalue weighted by Crippen LogP contribution is 2.49. The molecule has 0 aromatic heterocycles. The van der Waals surface area contributed by atoms with Crippen LogP contribution in [0.3, 0.4) is 0 Å². The number of carbonyl (C=O) groups is 1. The van der Waals surface area contributed by atoms with Crippen molar-refractivity contribution in [1.29, 1.82) is 0 Å². The Morgan fingerprint density at radius 3 is 1.50 bits per heavy atom. The van der Waals surface area contributed by atoms with E-state index in [9.17, 15) is 9.90 Å². The molecule has 3 aromatic carbocycles. The van der Waals surface area contributed by atoms with E-state index in [1.807, 2.05) is 91.0 Å². The molecule has 3 rings (SSSR count). The molecule has 120 valence electrons. The van der Waals surface area contributed by atoms with Gasteiger partial charge in [-0.3, -0.25) is 4.79 Å². The fourth-order valence-electron chi connectivity index (χ4n) is 3.17. The summed E-state index contributed by atoms with van der Waals surface area (Å²) in [6.45, 7) is 0. The molecule has 0 radical (unpaired) electrons. The zero-order valence-corrected chi connectivity index (χ0v) is 14.3. The van der Waals surface area contributed by atoms with Crippen LogP contribution in [0.2, 0.25) is 0 Å². The number of aliphatic carboxylic acids is 1. The van der Waals surface area contributed by atoms with Crippen LogP contribution in [0, 0.1) is 0 Å². The second-order valence-corrected chi connectivity index (χ2v) is 6.69. The van der Waals surface area contributed by atoms with Gasteiger partial charge in [0.15, 0.2) is 0 Å². The fourth-order valence-corrected chi connectivity index (χ4v) is 3.89. The Bertz CT molecular complexity index is 762. The molecule has 2 atom stereocenters. The van der Waals surface area contributed by atoms with Gasteiger partial charge in [-0.1, -0.05) is 91.0 Å². The first kappa shape index (κ1) is 16.4. The lowest BCUT2D eigenvalue weighted by Crippen LogP contribution is -2.34. The van der Waals surface area contributed by atoms with Crippen LogP contribution in [0.25, 0.3) is 0 Å². The Kier molecular flexibility index (Phi) is 4.78. The average molecular weight is 334 g/mol. The maximum Gasteiger partial charge on any atom is 0.312 e. The van der Waals surface area contributed by atoms with Crippen molar-refractivity contribution < 1.29 is 9.90 Å². The van der Waals surface area contributed by atoms with Crippen molar-refractivity contribution in [1.82, 2.24) is 0 Å². The summed E-state index contributed by atoms with van der Waals surface area (Å²) in [7, 11) is 2.82. The van der Waals surface area contributed by atoms with E-state index >= 15 is 0 Å². The molecule has 3 aromatic rings. The molecule has 2 unspecified atom stereocenters. The third-order valence-electron chi connectivity index (χ3n) is 4.34.